The number of thioether (sulfide) groups is 1. The quantitative estimate of drug-likeness (QED) is 0.334. The van der Waals surface area contributed by atoms with E-state index in [2.05, 4.69) is 10.0 Å². The molecule has 3 aromatic rings. The molecule has 0 radical (unpaired) electrons. The van der Waals surface area contributed by atoms with Crippen LogP contribution in [-0.4, -0.2) is 26.6 Å². The summed E-state index contributed by atoms with van der Waals surface area (Å²) in [6, 6.07) is 17.2. The third-order valence-electron chi connectivity index (χ3n) is 5.02. The molecule has 0 aliphatic heterocycles. The second-order valence-corrected chi connectivity index (χ2v) is 11.0. The predicted octanol–water partition coefficient (Wildman–Crippen LogP) is 6.07. The van der Waals surface area contributed by atoms with Crippen LogP contribution in [0.1, 0.15) is 27.0 Å². The number of anilines is 1. The number of carbonyl (C=O) groups is 1. The van der Waals surface area contributed by atoms with Crippen LogP contribution in [0.3, 0.4) is 0 Å². The van der Waals surface area contributed by atoms with Crippen molar-refractivity contribution in [1.82, 2.24) is 5.32 Å². The number of hydrogen-bond acceptors (Lipinski definition) is 4. The first-order chi connectivity index (χ1) is 15.7. The van der Waals surface area contributed by atoms with E-state index < -0.39 is 10.0 Å². The summed E-state index contributed by atoms with van der Waals surface area (Å²) in [5.41, 5.74) is 3.59. The van der Waals surface area contributed by atoms with E-state index in [-0.39, 0.29) is 21.4 Å². The summed E-state index contributed by atoms with van der Waals surface area (Å²) in [5, 5.41) is 3.56. The number of aryl methyl sites for hydroxylation is 1. The second-order valence-electron chi connectivity index (χ2n) is 7.44. The lowest BCUT2D eigenvalue weighted by Crippen LogP contribution is -2.26. The number of halogens is 2. The highest BCUT2D eigenvalue weighted by molar-refractivity contribution is 7.98. The van der Waals surface area contributed by atoms with E-state index in [1.165, 1.54) is 18.2 Å². The Labute approximate surface area is 208 Å². The maximum Gasteiger partial charge on any atom is 0.263 e. The minimum atomic E-state index is -3.98. The average Bonchev–Trinajstić information content (AvgIpc) is 2.76. The molecule has 5 nitrogen and oxygen atoms in total. The van der Waals surface area contributed by atoms with E-state index in [9.17, 15) is 13.2 Å². The van der Waals surface area contributed by atoms with Crippen molar-refractivity contribution in [1.29, 1.82) is 0 Å². The molecule has 0 aliphatic carbocycles. The molecule has 9 heteroatoms. The van der Waals surface area contributed by atoms with Crippen molar-refractivity contribution < 1.29 is 13.2 Å². The lowest BCUT2D eigenvalue weighted by molar-refractivity contribution is 0.0956. The van der Waals surface area contributed by atoms with E-state index in [4.69, 9.17) is 23.2 Å². The van der Waals surface area contributed by atoms with Gasteiger partial charge in [0.05, 0.1) is 10.7 Å². The minimum Gasteiger partial charge on any atom is -0.351 e. The normalized spacial score (nSPS) is 11.3. The molecule has 0 spiro atoms. The Morgan fingerprint density at radius 1 is 1.00 bits per heavy atom. The van der Waals surface area contributed by atoms with Gasteiger partial charge in [-0.1, -0.05) is 47.5 Å². The molecular formula is C24H24Cl2N2O3S2. The Kier molecular flexibility index (Phi) is 8.70. The number of nitrogens with one attached hydrogen (secondary N) is 2. The molecule has 33 heavy (non-hydrogen) atoms. The zero-order chi connectivity index (χ0) is 24.0. The molecule has 0 saturated heterocycles. The molecular weight excluding hydrogens is 499 g/mol. The van der Waals surface area contributed by atoms with Gasteiger partial charge in [-0.05, 0) is 66.9 Å². The zero-order valence-corrected chi connectivity index (χ0v) is 21.3. The monoisotopic (exact) mass is 522 g/mol. The largest absolute Gasteiger partial charge is 0.351 e. The van der Waals surface area contributed by atoms with Crippen molar-refractivity contribution in [2.24, 2.45) is 0 Å². The maximum atomic E-state index is 13.0. The summed E-state index contributed by atoms with van der Waals surface area (Å²) in [7, 11) is -3.98. The van der Waals surface area contributed by atoms with Crippen LogP contribution in [0.25, 0.3) is 0 Å². The van der Waals surface area contributed by atoms with Crippen LogP contribution in [0.5, 0.6) is 0 Å². The SMILES string of the molecule is Cc1cccc(NS(=O)(=O)c2cc(C(=O)NCCSCc3cccc(Cl)c3)ccc2Cl)c1C. The summed E-state index contributed by atoms with van der Waals surface area (Å²) >= 11 is 13.8. The summed E-state index contributed by atoms with van der Waals surface area (Å²) in [6.07, 6.45) is 0. The topological polar surface area (TPSA) is 75.3 Å². The summed E-state index contributed by atoms with van der Waals surface area (Å²) in [6.45, 7) is 4.18. The first kappa shape index (κ1) is 25.4. The van der Waals surface area contributed by atoms with Crippen molar-refractivity contribution in [2.45, 2.75) is 24.5 Å². The van der Waals surface area contributed by atoms with Crippen molar-refractivity contribution in [3.05, 3.63) is 93.0 Å². The van der Waals surface area contributed by atoms with Crippen LogP contribution in [-0.2, 0) is 15.8 Å². The molecule has 0 saturated carbocycles. The Bertz CT molecular complexity index is 1260. The first-order valence-electron chi connectivity index (χ1n) is 10.2. The predicted molar refractivity (Wildman–Crippen MR) is 138 cm³/mol. The first-order valence-corrected chi connectivity index (χ1v) is 13.6. The van der Waals surface area contributed by atoms with Gasteiger partial charge in [0.2, 0.25) is 0 Å². The maximum absolute atomic E-state index is 13.0. The number of amides is 1. The number of sulfonamides is 1. The van der Waals surface area contributed by atoms with E-state index in [0.717, 1.165) is 22.4 Å². The Morgan fingerprint density at radius 2 is 1.76 bits per heavy atom. The van der Waals surface area contributed by atoms with Gasteiger partial charge in [0.1, 0.15) is 4.90 Å². The Morgan fingerprint density at radius 3 is 2.52 bits per heavy atom. The van der Waals surface area contributed by atoms with Gasteiger partial charge in [0, 0.05) is 28.6 Å². The standard InChI is InChI=1S/C24H24Cl2N2O3S2/c1-16-5-3-8-22(17(16)2)28-33(30,31)23-14-19(9-10-21(23)26)24(29)27-11-12-32-15-18-6-4-7-20(25)13-18/h3-10,13-14,28H,11-12,15H2,1-2H3,(H,27,29). The van der Waals surface area contributed by atoms with Crippen molar-refractivity contribution in [3.63, 3.8) is 0 Å². The fourth-order valence-electron chi connectivity index (χ4n) is 3.07. The van der Waals surface area contributed by atoms with Crippen molar-refractivity contribution in [3.8, 4) is 0 Å². The summed E-state index contributed by atoms with van der Waals surface area (Å²) < 4.78 is 28.5. The highest BCUT2D eigenvalue weighted by atomic mass is 35.5. The molecule has 3 rings (SSSR count). The van der Waals surface area contributed by atoms with Crippen LogP contribution in [0.2, 0.25) is 10.0 Å². The van der Waals surface area contributed by atoms with Crippen LogP contribution in [0.15, 0.2) is 65.6 Å². The van der Waals surface area contributed by atoms with Gasteiger partial charge in [-0.25, -0.2) is 8.42 Å². The van der Waals surface area contributed by atoms with Gasteiger partial charge in [0.15, 0.2) is 0 Å². The van der Waals surface area contributed by atoms with E-state index in [1.54, 1.807) is 23.9 Å². The third-order valence-corrected chi connectivity index (χ3v) is 8.13. The number of hydrogen-bond donors (Lipinski definition) is 2. The number of carbonyl (C=O) groups excluding carboxylic acids is 1. The molecule has 1 amide bonds. The average molecular weight is 524 g/mol. The number of rotatable bonds is 9. The van der Waals surface area contributed by atoms with Gasteiger partial charge in [-0.15, -0.1) is 0 Å². The molecule has 0 aromatic heterocycles. The Balaban J connectivity index is 1.62. The van der Waals surface area contributed by atoms with E-state index >= 15 is 0 Å². The zero-order valence-electron chi connectivity index (χ0n) is 18.2. The molecule has 3 aromatic carbocycles. The van der Waals surface area contributed by atoms with Crippen LogP contribution < -0.4 is 10.0 Å². The second kappa shape index (κ2) is 11.3. The highest BCUT2D eigenvalue weighted by Crippen LogP contribution is 2.27. The Hall–Kier alpha value is -2.19. The fourth-order valence-corrected chi connectivity index (χ4v) is 5.74. The molecule has 0 fully saturated rings. The van der Waals surface area contributed by atoms with Gasteiger partial charge in [-0.2, -0.15) is 11.8 Å². The van der Waals surface area contributed by atoms with Crippen LogP contribution >= 0.6 is 35.0 Å². The van der Waals surface area contributed by atoms with Gasteiger partial charge in [0.25, 0.3) is 15.9 Å². The van der Waals surface area contributed by atoms with Gasteiger partial charge >= 0.3 is 0 Å². The van der Waals surface area contributed by atoms with Crippen LogP contribution in [0.4, 0.5) is 5.69 Å². The minimum absolute atomic E-state index is 0.0430. The molecule has 0 atom stereocenters. The summed E-state index contributed by atoms with van der Waals surface area (Å²) in [4.78, 5) is 12.4. The van der Waals surface area contributed by atoms with E-state index in [1.807, 2.05) is 44.2 Å². The highest BCUT2D eigenvalue weighted by Gasteiger charge is 2.21. The molecule has 2 N–H and O–H groups in total. The smallest absolute Gasteiger partial charge is 0.263 e. The molecule has 0 heterocycles. The lowest BCUT2D eigenvalue weighted by Gasteiger charge is -2.14. The van der Waals surface area contributed by atoms with Crippen LogP contribution in [0, 0.1) is 13.8 Å². The molecule has 0 unspecified atom stereocenters. The molecule has 0 aliphatic rings. The molecule has 174 valence electrons. The van der Waals surface area contributed by atoms with Gasteiger partial charge in [-0.3, -0.25) is 9.52 Å². The van der Waals surface area contributed by atoms with Gasteiger partial charge < -0.3 is 5.32 Å². The fraction of sp³-hybridized carbons (Fsp3) is 0.208. The lowest BCUT2D eigenvalue weighted by atomic mass is 10.1. The summed E-state index contributed by atoms with van der Waals surface area (Å²) in [5.74, 6) is 1.12. The third kappa shape index (κ3) is 6.90. The van der Waals surface area contributed by atoms with E-state index in [0.29, 0.717) is 23.0 Å². The van der Waals surface area contributed by atoms with Crippen molar-refractivity contribution >= 4 is 56.6 Å². The number of benzene rings is 3. The van der Waals surface area contributed by atoms with Crippen molar-refractivity contribution in [2.75, 3.05) is 17.0 Å². The molecule has 0 bridgehead atoms.